The number of hydrogen-bond acceptors (Lipinski definition) is 3. The Hall–Kier alpha value is -0.120. The largest absolute Gasteiger partial charge is 0.393 e. The zero-order valence-electron chi connectivity index (χ0n) is 11.2. The van der Waals surface area contributed by atoms with E-state index in [1.165, 1.54) is 38.6 Å². The predicted octanol–water partition coefficient (Wildman–Crippen LogP) is 1.75. The smallest absolute Gasteiger partial charge is 0.0564 e. The minimum absolute atomic E-state index is 0.0335. The molecule has 0 radical (unpaired) electrons. The molecule has 1 aliphatic carbocycles. The van der Waals surface area contributed by atoms with Gasteiger partial charge in [-0.1, -0.05) is 6.92 Å². The van der Waals surface area contributed by atoms with E-state index in [-0.39, 0.29) is 6.10 Å². The fourth-order valence-corrected chi connectivity index (χ4v) is 3.24. The number of hydrogen-bond donors (Lipinski definition) is 2. The third-order valence-corrected chi connectivity index (χ3v) is 4.40. The first-order valence-electron chi connectivity index (χ1n) is 7.45. The van der Waals surface area contributed by atoms with Gasteiger partial charge in [-0.05, 0) is 51.5 Å². The average molecular weight is 240 g/mol. The second-order valence-corrected chi connectivity index (χ2v) is 5.73. The summed E-state index contributed by atoms with van der Waals surface area (Å²) in [5, 5.41) is 13.2. The van der Waals surface area contributed by atoms with Crippen molar-refractivity contribution in [2.45, 2.75) is 70.1 Å². The molecule has 1 saturated heterocycles. The highest BCUT2D eigenvalue weighted by Crippen LogP contribution is 2.25. The van der Waals surface area contributed by atoms with Crippen LogP contribution in [0.4, 0.5) is 0 Å². The Morgan fingerprint density at radius 1 is 1.06 bits per heavy atom. The molecule has 1 aliphatic heterocycles. The Kier molecular flexibility index (Phi) is 5.26. The third kappa shape index (κ3) is 3.94. The van der Waals surface area contributed by atoms with Crippen LogP contribution in [0.2, 0.25) is 0 Å². The first-order valence-corrected chi connectivity index (χ1v) is 7.45. The van der Waals surface area contributed by atoms with Crippen molar-refractivity contribution in [2.75, 3.05) is 19.6 Å². The van der Waals surface area contributed by atoms with Crippen LogP contribution in [0.3, 0.4) is 0 Å². The van der Waals surface area contributed by atoms with Crippen molar-refractivity contribution in [2.24, 2.45) is 0 Å². The molecular weight excluding hydrogens is 212 g/mol. The SMILES string of the molecule is CCCNC1CCC(N2CCC(O)CC2)CC1. The Labute approximate surface area is 106 Å². The van der Waals surface area contributed by atoms with Crippen molar-refractivity contribution in [3.8, 4) is 0 Å². The summed E-state index contributed by atoms with van der Waals surface area (Å²) >= 11 is 0. The summed E-state index contributed by atoms with van der Waals surface area (Å²) in [4.78, 5) is 2.61. The summed E-state index contributed by atoms with van der Waals surface area (Å²) in [6.45, 7) is 5.63. The molecule has 0 spiro atoms. The number of aliphatic hydroxyl groups excluding tert-OH is 1. The van der Waals surface area contributed by atoms with E-state index in [2.05, 4.69) is 17.1 Å². The van der Waals surface area contributed by atoms with Gasteiger partial charge in [0.15, 0.2) is 0 Å². The van der Waals surface area contributed by atoms with E-state index in [1.807, 2.05) is 0 Å². The molecule has 2 N–H and O–H groups in total. The molecule has 2 aliphatic rings. The Morgan fingerprint density at radius 2 is 1.71 bits per heavy atom. The normalized spacial score (nSPS) is 32.8. The van der Waals surface area contributed by atoms with Gasteiger partial charge >= 0.3 is 0 Å². The van der Waals surface area contributed by atoms with Crippen LogP contribution in [0.25, 0.3) is 0 Å². The molecule has 0 amide bonds. The molecule has 0 aromatic heterocycles. The van der Waals surface area contributed by atoms with Crippen LogP contribution in [0.5, 0.6) is 0 Å². The molecule has 0 atom stereocenters. The fourth-order valence-electron chi connectivity index (χ4n) is 3.24. The van der Waals surface area contributed by atoms with Gasteiger partial charge in [0.25, 0.3) is 0 Å². The Balaban J connectivity index is 1.68. The third-order valence-electron chi connectivity index (χ3n) is 4.40. The van der Waals surface area contributed by atoms with Gasteiger partial charge in [0.1, 0.15) is 0 Å². The molecule has 1 heterocycles. The van der Waals surface area contributed by atoms with Crippen LogP contribution in [-0.2, 0) is 0 Å². The zero-order chi connectivity index (χ0) is 12.1. The van der Waals surface area contributed by atoms with Crippen molar-refractivity contribution in [1.29, 1.82) is 0 Å². The molecule has 3 heteroatoms. The lowest BCUT2D eigenvalue weighted by Crippen LogP contribution is -2.46. The monoisotopic (exact) mass is 240 g/mol. The van der Waals surface area contributed by atoms with Crippen molar-refractivity contribution >= 4 is 0 Å². The number of likely N-dealkylation sites (tertiary alicyclic amines) is 1. The minimum Gasteiger partial charge on any atom is -0.393 e. The van der Waals surface area contributed by atoms with Gasteiger partial charge in [0.2, 0.25) is 0 Å². The van der Waals surface area contributed by atoms with E-state index in [0.29, 0.717) is 0 Å². The maximum atomic E-state index is 9.53. The second kappa shape index (κ2) is 6.72. The van der Waals surface area contributed by atoms with E-state index >= 15 is 0 Å². The van der Waals surface area contributed by atoms with Crippen molar-refractivity contribution in [3.05, 3.63) is 0 Å². The van der Waals surface area contributed by atoms with Crippen molar-refractivity contribution in [3.63, 3.8) is 0 Å². The van der Waals surface area contributed by atoms with Gasteiger partial charge in [0.05, 0.1) is 6.10 Å². The number of nitrogens with zero attached hydrogens (tertiary/aromatic N) is 1. The molecule has 3 nitrogen and oxygen atoms in total. The molecule has 0 unspecified atom stereocenters. The molecule has 0 bridgehead atoms. The zero-order valence-corrected chi connectivity index (χ0v) is 11.2. The number of piperidine rings is 1. The van der Waals surface area contributed by atoms with E-state index in [1.54, 1.807) is 0 Å². The van der Waals surface area contributed by atoms with E-state index in [4.69, 9.17) is 0 Å². The first-order chi connectivity index (χ1) is 8.29. The second-order valence-electron chi connectivity index (χ2n) is 5.73. The van der Waals surface area contributed by atoms with Crippen molar-refractivity contribution < 1.29 is 5.11 Å². The standard InChI is InChI=1S/C14H28N2O/c1-2-9-15-12-3-5-13(6-4-12)16-10-7-14(17)8-11-16/h12-15,17H,2-11H2,1H3. The molecule has 0 aromatic carbocycles. The average Bonchev–Trinajstić information content (AvgIpc) is 2.38. The van der Waals surface area contributed by atoms with Gasteiger partial charge < -0.3 is 15.3 Å². The summed E-state index contributed by atoms with van der Waals surface area (Å²) in [5.41, 5.74) is 0. The minimum atomic E-state index is -0.0335. The highest BCUT2D eigenvalue weighted by atomic mass is 16.3. The van der Waals surface area contributed by atoms with Gasteiger partial charge in [-0.25, -0.2) is 0 Å². The van der Waals surface area contributed by atoms with E-state index in [9.17, 15) is 5.11 Å². The Morgan fingerprint density at radius 3 is 2.29 bits per heavy atom. The quantitative estimate of drug-likeness (QED) is 0.786. The lowest BCUT2D eigenvalue weighted by atomic mass is 9.89. The maximum absolute atomic E-state index is 9.53. The lowest BCUT2D eigenvalue weighted by Gasteiger charge is -2.40. The molecule has 100 valence electrons. The summed E-state index contributed by atoms with van der Waals surface area (Å²) in [6.07, 6.45) is 8.53. The lowest BCUT2D eigenvalue weighted by molar-refractivity contribution is 0.0476. The van der Waals surface area contributed by atoms with Crippen LogP contribution in [0, 0.1) is 0 Å². The molecule has 0 aromatic rings. The van der Waals surface area contributed by atoms with Crippen LogP contribution in [-0.4, -0.2) is 47.8 Å². The fraction of sp³-hybridized carbons (Fsp3) is 1.00. The molecule has 2 fully saturated rings. The molecule has 1 saturated carbocycles. The van der Waals surface area contributed by atoms with Gasteiger partial charge in [-0.2, -0.15) is 0 Å². The van der Waals surface area contributed by atoms with Gasteiger partial charge in [0, 0.05) is 25.2 Å². The van der Waals surface area contributed by atoms with Crippen LogP contribution < -0.4 is 5.32 Å². The summed E-state index contributed by atoms with van der Waals surface area (Å²) in [5.74, 6) is 0. The first kappa shape index (κ1) is 13.3. The summed E-state index contributed by atoms with van der Waals surface area (Å²) in [6, 6.07) is 1.56. The molecular formula is C14H28N2O. The highest BCUT2D eigenvalue weighted by molar-refractivity contribution is 4.85. The Bertz CT molecular complexity index is 206. The van der Waals surface area contributed by atoms with Crippen molar-refractivity contribution in [1.82, 2.24) is 10.2 Å². The number of rotatable bonds is 4. The predicted molar refractivity (Wildman–Crippen MR) is 71.2 cm³/mol. The topological polar surface area (TPSA) is 35.5 Å². The van der Waals surface area contributed by atoms with Gasteiger partial charge in [-0.15, -0.1) is 0 Å². The number of nitrogens with one attached hydrogen (secondary N) is 1. The number of aliphatic hydroxyl groups is 1. The highest BCUT2D eigenvalue weighted by Gasteiger charge is 2.27. The molecule has 17 heavy (non-hydrogen) atoms. The van der Waals surface area contributed by atoms with Crippen LogP contribution in [0.15, 0.2) is 0 Å². The van der Waals surface area contributed by atoms with Gasteiger partial charge in [-0.3, -0.25) is 0 Å². The maximum Gasteiger partial charge on any atom is 0.0564 e. The summed E-state index contributed by atoms with van der Waals surface area (Å²) < 4.78 is 0. The summed E-state index contributed by atoms with van der Waals surface area (Å²) in [7, 11) is 0. The van der Waals surface area contributed by atoms with Crippen LogP contribution in [0.1, 0.15) is 51.9 Å². The van der Waals surface area contributed by atoms with E-state index < -0.39 is 0 Å². The van der Waals surface area contributed by atoms with E-state index in [0.717, 1.165) is 38.0 Å². The van der Waals surface area contributed by atoms with Crippen LogP contribution >= 0.6 is 0 Å². The molecule has 2 rings (SSSR count).